The van der Waals surface area contributed by atoms with E-state index >= 15 is 0 Å². The smallest absolute Gasteiger partial charge is 0.225 e. The zero-order chi connectivity index (χ0) is 19.9. The predicted molar refractivity (Wildman–Crippen MR) is 121 cm³/mol. The summed E-state index contributed by atoms with van der Waals surface area (Å²) < 4.78 is 14.0. The molecule has 1 saturated carbocycles. The van der Waals surface area contributed by atoms with Crippen molar-refractivity contribution in [3.8, 4) is 6.07 Å². The number of benzene rings is 1. The lowest BCUT2D eigenvalue weighted by Crippen LogP contribution is -2.45. The molecule has 29 heavy (non-hydrogen) atoms. The molecular formula is C21H29FIN5O. The normalized spacial score (nSPS) is 20.0. The van der Waals surface area contributed by atoms with E-state index in [9.17, 15) is 9.18 Å². The molecule has 0 spiro atoms. The first-order chi connectivity index (χ1) is 13.6. The van der Waals surface area contributed by atoms with Crippen molar-refractivity contribution in [3.63, 3.8) is 0 Å². The molecule has 1 aromatic rings. The van der Waals surface area contributed by atoms with E-state index in [4.69, 9.17) is 5.26 Å². The quantitative estimate of drug-likeness (QED) is 0.369. The number of hydrogen-bond donors (Lipinski definition) is 2. The van der Waals surface area contributed by atoms with E-state index in [0.29, 0.717) is 29.5 Å². The summed E-state index contributed by atoms with van der Waals surface area (Å²) in [6.07, 6.45) is 6.49. The maximum absolute atomic E-state index is 14.0. The highest BCUT2D eigenvalue weighted by Crippen LogP contribution is 2.26. The van der Waals surface area contributed by atoms with Crippen LogP contribution in [0.3, 0.4) is 0 Å². The molecule has 3 rings (SSSR count). The second-order valence-electron chi connectivity index (χ2n) is 7.59. The van der Waals surface area contributed by atoms with Crippen molar-refractivity contribution in [2.75, 3.05) is 20.1 Å². The fourth-order valence-corrected chi connectivity index (χ4v) is 4.01. The van der Waals surface area contributed by atoms with E-state index in [-0.39, 0.29) is 42.5 Å². The second-order valence-corrected chi connectivity index (χ2v) is 7.59. The van der Waals surface area contributed by atoms with Gasteiger partial charge in [-0.1, -0.05) is 25.3 Å². The van der Waals surface area contributed by atoms with Crippen molar-refractivity contribution in [2.45, 2.75) is 51.1 Å². The van der Waals surface area contributed by atoms with Crippen molar-refractivity contribution in [3.05, 3.63) is 35.1 Å². The molecule has 1 heterocycles. The lowest BCUT2D eigenvalue weighted by molar-refractivity contribution is -0.135. The Hall–Kier alpha value is -1.89. The van der Waals surface area contributed by atoms with Gasteiger partial charge in [0.25, 0.3) is 0 Å². The number of aliphatic imine (C=N–C) groups is 1. The van der Waals surface area contributed by atoms with Gasteiger partial charge in [0.2, 0.25) is 5.91 Å². The van der Waals surface area contributed by atoms with Crippen LogP contribution in [0.15, 0.2) is 23.2 Å². The molecular weight excluding hydrogens is 484 g/mol. The van der Waals surface area contributed by atoms with E-state index < -0.39 is 5.82 Å². The highest BCUT2D eigenvalue weighted by molar-refractivity contribution is 14.0. The van der Waals surface area contributed by atoms with Crippen LogP contribution in [0.5, 0.6) is 0 Å². The average Bonchev–Trinajstić information content (AvgIpc) is 3.20. The Bertz CT molecular complexity index is 773. The Labute approximate surface area is 189 Å². The molecule has 1 saturated heterocycles. The molecule has 0 radical (unpaired) electrons. The molecule has 2 N–H and O–H groups in total. The minimum absolute atomic E-state index is 0. The lowest BCUT2D eigenvalue weighted by Gasteiger charge is -2.26. The fourth-order valence-electron chi connectivity index (χ4n) is 4.01. The summed E-state index contributed by atoms with van der Waals surface area (Å²) in [6.45, 7) is 1.73. The van der Waals surface area contributed by atoms with Gasteiger partial charge in [-0.3, -0.25) is 9.79 Å². The Morgan fingerprint density at radius 3 is 2.72 bits per heavy atom. The molecule has 8 heteroatoms. The van der Waals surface area contributed by atoms with Crippen LogP contribution in [-0.2, 0) is 11.3 Å². The van der Waals surface area contributed by atoms with Crippen LogP contribution in [0, 0.1) is 23.1 Å². The van der Waals surface area contributed by atoms with Crippen LogP contribution in [0.25, 0.3) is 0 Å². The summed E-state index contributed by atoms with van der Waals surface area (Å²) in [4.78, 5) is 18.9. The summed E-state index contributed by atoms with van der Waals surface area (Å²) >= 11 is 0. The van der Waals surface area contributed by atoms with Crippen LogP contribution >= 0.6 is 24.0 Å². The minimum atomic E-state index is -0.410. The van der Waals surface area contributed by atoms with E-state index in [1.165, 1.54) is 12.5 Å². The van der Waals surface area contributed by atoms with Gasteiger partial charge in [0.15, 0.2) is 5.96 Å². The van der Waals surface area contributed by atoms with Gasteiger partial charge in [-0.15, -0.1) is 24.0 Å². The number of nitrogens with one attached hydrogen (secondary N) is 2. The molecule has 0 aromatic heterocycles. The number of hydrogen-bond acceptors (Lipinski definition) is 3. The first kappa shape index (κ1) is 23.4. The van der Waals surface area contributed by atoms with Gasteiger partial charge in [0.05, 0.1) is 11.6 Å². The van der Waals surface area contributed by atoms with E-state index in [0.717, 1.165) is 38.6 Å². The molecule has 1 unspecified atom stereocenters. The Morgan fingerprint density at radius 2 is 2.07 bits per heavy atom. The summed E-state index contributed by atoms with van der Waals surface area (Å²) in [7, 11) is 1.67. The van der Waals surface area contributed by atoms with Crippen molar-refractivity contribution in [2.24, 2.45) is 10.9 Å². The number of rotatable bonds is 4. The van der Waals surface area contributed by atoms with Gasteiger partial charge < -0.3 is 15.5 Å². The van der Waals surface area contributed by atoms with E-state index in [2.05, 4.69) is 15.6 Å². The number of likely N-dealkylation sites (tertiary alicyclic amines) is 1. The van der Waals surface area contributed by atoms with Crippen molar-refractivity contribution < 1.29 is 9.18 Å². The number of carbonyl (C=O) groups excluding carboxylic acids is 1. The van der Waals surface area contributed by atoms with Gasteiger partial charge >= 0.3 is 0 Å². The third-order valence-electron chi connectivity index (χ3n) is 5.65. The van der Waals surface area contributed by atoms with Gasteiger partial charge in [-0.2, -0.15) is 5.26 Å². The molecule has 2 aliphatic rings. The van der Waals surface area contributed by atoms with Gasteiger partial charge in [-0.25, -0.2) is 4.39 Å². The summed E-state index contributed by atoms with van der Waals surface area (Å²) in [5.41, 5.74) is 0.778. The van der Waals surface area contributed by atoms with Crippen LogP contribution in [0.4, 0.5) is 4.39 Å². The van der Waals surface area contributed by atoms with Crippen LogP contribution in [-0.4, -0.2) is 42.9 Å². The van der Waals surface area contributed by atoms with Crippen molar-refractivity contribution in [1.82, 2.24) is 15.5 Å². The Balaban J connectivity index is 0.00000300. The summed E-state index contributed by atoms with van der Waals surface area (Å²) in [6, 6.07) is 6.51. The average molecular weight is 513 g/mol. The zero-order valence-electron chi connectivity index (χ0n) is 16.8. The number of amides is 1. The largest absolute Gasteiger partial charge is 0.352 e. The lowest BCUT2D eigenvalue weighted by atomic mass is 9.88. The molecule has 1 atom stereocenters. The molecule has 2 fully saturated rings. The molecule has 1 amide bonds. The maximum Gasteiger partial charge on any atom is 0.225 e. The van der Waals surface area contributed by atoms with Crippen molar-refractivity contribution >= 4 is 35.8 Å². The standard InChI is InChI=1S/C21H28FN5O.HI/c1-24-21(25-13-17-8-7-15(12-23)11-19(17)22)26-18-9-10-27(14-18)20(28)16-5-3-2-4-6-16;/h7-8,11,16,18H,2-6,9-10,13-14H2,1H3,(H2,24,25,26);1H. The first-order valence-electron chi connectivity index (χ1n) is 10.0. The van der Waals surface area contributed by atoms with Gasteiger partial charge in [0.1, 0.15) is 5.82 Å². The minimum Gasteiger partial charge on any atom is -0.352 e. The van der Waals surface area contributed by atoms with Crippen LogP contribution in [0.1, 0.15) is 49.7 Å². The topological polar surface area (TPSA) is 80.5 Å². The number of carbonyl (C=O) groups is 1. The predicted octanol–water partition coefficient (Wildman–Crippen LogP) is 3.16. The number of halogens is 2. The van der Waals surface area contributed by atoms with Gasteiger partial charge in [0, 0.05) is 44.2 Å². The second kappa shape index (κ2) is 11.3. The number of guanidine groups is 1. The zero-order valence-corrected chi connectivity index (χ0v) is 19.1. The van der Waals surface area contributed by atoms with E-state index in [1.54, 1.807) is 19.2 Å². The molecule has 0 bridgehead atoms. The summed E-state index contributed by atoms with van der Waals surface area (Å²) in [5, 5.41) is 15.3. The molecule has 1 aliphatic carbocycles. The Kier molecular flexibility index (Phi) is 9.14. The third-order valence-corrected chi connectivity index (χ3v) is 5.65. The van der Waals surface area contributed by atoms with E-state index in [1.807, 2.05) is 11.0 Å². The molecule has 6 nitrogen and oxygen atoms in total. The fraction of sp³-hybridized carbons (Fsp3) is 0.571. The number of nitrogens with zero attached hydrogens (tertiary/aromatic N) is 3. The van der Waals surface area contributed by atoms with Crippen LogP contribution in [0.2, 0.25) is 0 Å². The molecule has 1 aliphatic heterocycles. The van der Waals surface area contributed by atoms with Gasteiger partial charge in [-0.05, 0) is 31.4 Å². The Morgan fingerprint density at radius 1 is 1.31 bits per heavy atom. The number of nitriles is 1. The molecule has 1 aromatic carbocycles. The first-order valence-corrected chi connectivity index (χ1v) is 10.0. The maximum atomic E-state index is 14.0. The van der Waals surface area contributed by atoms with Crippen LogP contribution < -0.4 is 10.6 Å². The summed E-state index contributed by atoms with van der Waals surface area (Å²) in [5.74, 6) is 0.670. The van der Waals surface area contributed by atoms with Crippen molar-refractivity contribution in [1.29, 1.82) is 5.26 Å². The highest BCUT2D eigenvalue weighted by atomic mass is 127. The highest BCUT2D eigenvalue weighted by Gasteiger charge is 2.31. The third kappa shape index (κ3) is 6.29. The SMILES string of the molecule is CN=C(NCc1ccc(C#N)cc1F)NC1CCN(C(=O)C2CCCCC2)C1.I. The molecule has 158 valence electrons. The monoisotopic (exact) mass is 513 g/mol.